The minimum Gasteiger partial charge on any atom is -0.393 e. The highest BCUT2D eigenvalue weighted by molar-refractivity contribution is 4.87. The molecular weight excluding hydrogens is 148 g/mol. The van der Waals surface area contributed by atoms with E-state index in [4.69, 9.17) is 19.3 Å². The third-order valence-corrected chi connectivity index (χ3v) is 2.22. The highest BCUT2D eigenvalue weighted by Crippen LogP contribution is 2.36. The third kappa shape index (κ3) is 1.16. The van der Waals surface area contributed by atoms with Crippen LogP contribution in [0, 0.1) is 0 Å². The van der Waals surface area contributed by atoms with Gasteiger partial charge in [-0.15, -0.1) is 0 Å². The van der Waals surface area contributed by atoms with Crippen LogP contribution in [0.4, 0.5) is 0 Å². The number of fused-ring (bicyclic) bond motifs is 1. The van der Waals surface area contributed by atoms with Crippen molar-refractivity contribution >= 4 is 0 Å². The summed E-state index contributed by atoms with van der Waals surface area (Å²) in [6.07, 6.45) is 0.355. The number of hydrogen-bond donors (Lipinski definition) is 1. The van der Waals surface area contributed by atoms with Crippen molar-refractivity contribution in [1.29, 1.82) is 0 Å². The van der Waals surface area contributed by atoms with Gasteiger partial charge in [0.1, 0.15) is 5.60 Å². The Hall–Kier alpha value is -0.160. The van der Waals surface area contributed by atoms with E-state index in [1.54, 1.807) is 0 Å². The largest absolute Gasteiger partial charge is 0.393 e. The zero-order valence-electron chi connectivity index (χ0n) is 6.45. The molecule has 2 unspecified atom stereocenters. The summed E-state index contributed by atoms with van der Waals surface area (Å²) in [5, 5.41) is 9.02. The van der Waals surface area contributed by atoms with Crippen molar-refractivity contribution in [2.45, 2.75) is 31.5 Å². The van der Waals surface area contributed by atoms with E-state index in [0.717, 1.165) is 6.42 Å². The number of epoxide rings is 1. The molecule has 2 rings (SSSR count). The summed E-state index contributed by atoms with van der Waals surface area (Å²) in [4.78, 5) is 0. The lowest BCUT2D eigenvalue weighted by molar-refractivity contribution is -0.180. The van der Waals surface area contributed by atoms with Crippen molar-refractivity contribution in [1.82, 2.24) is 0 Å². The minimum absolute atomic E-state index is 0.00389. The van der Waals surface area contributed by atoms with E-state index in [9.17, 15) is 0 Å². The van der Waals surface area contributed by atoms with Crippen molar-refractivity contribution < 1.29 is 19.3 Å². The molecule has 0 saturated carbocycles. The first-order chi connectivity index (χ1) is 5.29. The summed E-state index contributed by atoms with van der Waals surface area (Å²) in [7, 11) is 0. The Morgan fingerprint density at radius 1 is 1.55 bits per heavy atom. The van der Waals surface area contributed by atoms with Crippen LogP contribution in [0.2, 0.25) is 0 Å². The molecule has 1 N–H and O–H groups in total. The van der Waals surface area contributed by atoms with Crippen LogP contribution in [0.15, 0.2) is 0 Å². The Morgan fingerprint density at radius 3 is 2.91 bits per heavy atom. The van der Waals surface area contributed by atoms with Crippen molar-refractivity contribution in [2.24, 2.45) is 0 Å². The molecule has 2 aliphatic rings. The van der Waals surface area contributed by atoms with Crippen LogP contribution in [0.3, 0.4) is 0 Å². The summed E-state index contributed by atoms with van der Waals surface area (Å²) in [5.74, 6) is 0. The van der Waals surface area contributed by atoms with E-state index in [1.165, 1.54) is 0 Å². The van der Waals surface area contributed by atoms with Crippen molar-refractivity contribution in [2.75, 3.05) is 13.2 Å². The lowest BCUT2D eigenvalue weighted by Gasteiger charge is -2.31. The Bertz CT molecular complexity index is 155. The molecule has 0 radical (unpaired) electrons. The summed E-state index contributed by atoms with van der Waals surface area (Å²) in [6.45, 7) is 2.39. The second-order valence-corrected chi connectivity index (χ2v) is 3.00. The van der Waals surface area contributed by atoms with E-state index in [-0.39, 0.29) is 19.2 Å². The smallest absolute Gasteiger partial charge is 0.212 e. The van der Waals surface area contributed by atoms with Gasteiger partial charge < -0.3 is 19.3 Å². The normalized spacial score (nSPS) is 48.5. The molecule has 4 nitrogen and oxygen atoms in total. The standard InChI is InChI=1S/C7H12O4/c1-2-7(3-8)4-9-5-6(10-5)11-7/h5-6,8H,2-4H2,1H3/t5?,6-,7?/m0/s1. The SMILES string of the molecule is CCC1(CO)COC2O[C@H]2O1. The van der Waals surface area contributed by atoms with Gasteiger partial charge in [-0.25, -0.2) is 0 Å². The van der Waals surface area contributed by atoms with Gasteiger partial charge in [0, 0.05) is 0 Å². The van der Waals surface area contributed by atoms with E-state index in [0.29, 0.717) is 6.61 Å². The third-order valence-electron chi connectivity index (χ3n) is 2.22. The van der Waals surface area contributed by atoms with Crippen LogP contribution in [0.25, 0.3) is 0 Å². The van der Waals surface area contributed by atoms with E-state index in [1.807, 2.05) is 6.92 Å². The van der Waals surface area contributed by atoms with Crippen LogP contribution in [-0.4, -0.2) is 36.5 Å². The summed E-state index contributed by atoms with van der Waals surface area (Å²) in [5.41, 5.74) is -0.516. The van der Waals surface area contributed by atoms with Gasteiger partial charge in [0.15, 0.2) is 0 Å². The first-order valence-electron chi connectivity index (χ1n) is 3.85. The van der Waals surface area contributed by atoms with Crippen molar-refractivity contribution in [3.8, 4) is 0 Å². The molecule has 2 aliphatic heterocycles. The zero-order valence-corrected chi connectivity index (χ0v) is 6.45. The van der Waals surface area contributed by atoms with Crippen LogP contribution in [0.1, 0.15) is 13.3 Å². The maximum atomic E-state index is 9.02. The average molecular weight is 160 g/mol. The molecule has 3 atom stereocenters. The Kier molecular flexibility index (Phi) is 1.64. The fourth-order valence-corrected chi connectivity index (χ4v) is 1.18. The van der Waals surface area contributed by atoms with E-state index >= 15 is 0 Å². The fraction of sp³-hybridized carbons (Fsp3) is 1.00. The van der Waals surface area contributed by atoms with Crippen LogP contribution in [0.5, 0.6) is 0 Å². The monoisotopic (exact) mass is 160 g/mol. The number of ether oxygens (including phenoxy) is 3. The topological polar surface area (TPSA) is 51.2 Å². The highest BCUT2D eigenvalue weighted by atomic mass is 16.9. The van der Waals surface area contributed by atoms with Gasteiger partial charge in [-0.3, -0.25) is 0 Å². The number of hydrogen-bond acceptors (Lipinski definition) is 4. The molecule has 11 heavy (non-hydrogen) atoms. The molecule has 64 valence electrons. The molecule has 2 saturated heterocycles. The predicted molar refractivity (Wildman–Crippen MR) is 35.8 cm³/mol. The lowest BCUT2D eigenvalue weighted by atomic mass is 10.0. The van der Waals surface area contributed by atoms with Gasteiger partial charge in [0.05, 0.1) is 13.2 Å². The maximum Gasteiger partial charge on any atom is 0.212 e. The van der Waals surface area contributed by atoms with E-state index in [2.05, 4.69) is 0 Å². The minimum atomic E-state index is -0.516. The van der Waals surface area contributed by atoms with Crippen LogP contribution in [-0.2, 0) is 14.2 Å². The molecular formula is C7H12O4. The van der Waals surface area contributed by atoms with Crippen LogP contribution >= 0.6 is 0 Å². The number of aliphatic hydroxyl groups excluding tert-OH is 1. The fourth-order valence-electron chi connectivity index (χ4n) is 1.18. The molecule has 0 bridgehead atoms. The molecule has 0 aliphatic carbocycles. The van der Waals surface area contributed by atoms with Crippen molar-refractivity contribution in [3.63, 3.8) is 0 Å². The van der Waals surface area contributed by atoms with Gasteiger partial charge in [-0.05, 0) is 6.42 Å². The van der Waals surface area contributed by atoms with Gasteiger partial charge in [0.2, 0.25) is 12.6 Å². The highest BCUT2D eigenvalue weighted by Gasteiger charge is 2.52. The molecule has 0 aromatic carbocycles. The van der Waals surface area contributed by atoms with Gasteiger partial charge in [-0.2, -0.15) is 0 Å². The molecule has 2 fully saturated rings. The predicted octanol–water partition coefficient (Wildman–Crippen LogP) is -0.143. The Labute approximate surface area is 65.1 Å². The van der Waals surface area contributed by atoms with Gasteiger partial charge in [-0.1, -0.05) is 6.92 Å². The molecule has 2 heterocycles. The first-order valence-corrected chi connectivity index (χ1v) is 3.85. The molecule has 0 aromatic rings. The van der Waals surface area contributed by atoms with Gasteiger partial charge in [0.25, 0.3) is 0 Å². The molecule has 0 aromatic heterocycles. The van der Waals surface area contributed by atoms with E-state index < -0.39 is 5.60 Å². The summed E-state index contributed by atoms with van der Waals surface area (Å²) in [6, 6.07) is 0. The lowest BCUT2D eigenvalue weighted by Crippen LogP contribution is -2.45. The first kappa shape index (κ1) is 7.49. The summed E-state index contributed by atoms with van der Waals surface area (Å²) >= 11 is 0. The second-order valence-electron chi connectivity index (χ2n) is 3.00. The molecule has 0 spiro atoms. The zero-order chi connectivity index (χ0) is 7.90. The molecule has 4 heteroatoms. The number of aliphatic hydroxyl groups is 1. The Morgan fingerprint density at radius 2 is 2.36 bits per heavy atom. The number of rotatable bonds is 2. The van der Waals surface area contributed by atoms with Crippen LogP contribution < -0.4 is 0 Å². The maximum absolute atomic E-state index is 9.02. The quantitative estimate of drug-likeness (QED) is 0.571. The van der Waals surface area contributed by atoms with Crippen molar-refractivity contribution in [3.05, 3.63) is 0 Å². The second kappa shape index (κ2) is 2.42. The van der Waals surface area contributed by atoms with Gasteiger partial charge >= 0.3 is 0 Å². The molecule has 0 amide bonds. The Balaban J connectivity index is 2.00. The average Bonchev–Trinajstić information content (AvgIpc) is 2.81. The summed E-state index contributed by atoms with van der Waals surface area (Å²) < 4.78 is 15.7.